The minimum Gasteiger partial charge on any atom is -0.392 e. The number of rotatable bonds is 6. The first kappa shape index (κ1) is 25.4. The number of sulfonamides is 1. The van der Waals surface area contributed by atoms with Crippen molar-refractivity contribution in [3.63, 3.8) is 0 Å². The van der Waals surface area contributed by atoms with E-state index in [4.69, 9.17) is 0 Å². The Hall–Kier alpha value is -3.20. The molecule has 0 bridgehead atoms. The van der Waals surface area contributed by atoms with Crippen molar-refractivity contribution in [3.8, 4) is 11.1 Å². The normalized spacial score (nSPS) is 16.2. The van der Waals surface area contributed by atoms with Crippen LogP contribution < -0.4 is 14.9 Å². The molecule has 3 aromatic rings. The van der Waals surface area contributed by atoms with Crippen molar-refractivity contribution in [2.45, 2.75) is 56.1 Å². The van der Waals surface area contributed by atoms with Crippen LogP contribution in [0.2, 0.25) is 0 Å². The Morgan fingerprint density at radius 1 is 1.00 bits per heavy atom. The molecule has 1 aliphatic heterocycles. The van der Waals surface area contributed by atoms with Gasteiger partial charge in [0.1, 0.15) is 0 Å². The van der Waals surface area contributed by atoms with Gasteiger partial charge in [-0.1, -0.05) is 49.2 Å². The molecular weight excluding hydrogens is 486 g/mol. The highest BCUT2D eigenvalue weighted by Gasteiger charge is 2.46. The van der Waals surface area contributed by atoms with Crippen LogP contribution >= 0.6 is 0 Å². The second kappa shape index (κ2) is 9.93. The number of benzene rings is 3. The summed E-state index contributed by atoms with van der Waals surface area (Å²) in [4.78, 5) is 15.4. The zero-order valence-electron chi connectivity index (χ0n) is 21.3. The summed E-state index contributed by atoms with van der Waals surface area (Å²) >= 11 is 0. The molecule has 5 rings (SSSR count). The van der Waals surface area contributed by atoms with Crippen LogP contribution in [0.1, 0.15) is 47.9 Å². The molecule has 2 amide bonds. The third kappa shape index (κ3) is 4.77. The monoisotopic (exact) mass is 519 g/mol. The summed E-state index contributed by atoms with van der Waals surface area (Å²) in [6, 6.07) is 18.8. The third-order valence-corrected chi connectivity index (χ3v) is 9.29. The molecule has 1 spiro atoms. The number of fused-ring (bicyclic) bond motifs is 2. The van der Waals surface area contributed by atoms with Gasteiger partial charge < -0.3 is 10.4 Å². The summed E-state index contributed by atoms with van der Waals surface area (Å²) < 4.78 is 26.2. The molecule has 0 atom stereocenters. The zero-order chi connectivity index (χ0) is 26.2. The van der Waals surface area contributed by atoms with Crippen molar-refractivity contribution >= 4 is 21.7 Å². The number of carbonyl (C=O) groups excluding carboxylic acids is 1. The Morgan fingerprint density at radius 3 is 2.35 bits per heavy atom. The smallest absolute Gasteiger partial charge is 0.322 e. The van der Waals surface area contributed by atoms with Gasteiger partial charge in [-0.05, 0) is 84.5 Å². The summed E-state index contributed by atoms with van der Waals surface area (Å²) in [7, 11) is -2.11. The van der Waals surface area contributed by atoms with Crippen molar-refractivity contribution in [1.29, 1.82) is 0 Å². The van der Waals surface area contributed by atoms with E-state index in [1.165, 1.54) is 12.6 Å². The van der Waals surface area contributed by atoms with Gasteiger partial charge in [0.05, 0.1) is 11.5 Å². The number of amides is 2. The van der Waals surface area contributed by atoms with Gasteiger partial charge in [-0.25, -0.2) is 17.9 Å². The molecule has 8 heteroatoms. The second-order valence-electron chi connectivity index (χ2n) is 10.1. The minimum atomic E-state index is -3.49. The van der Waals surface area contributed by atoms with Gasteiger partial charge in [-0.15, -0.1) is 0 Å². The largest absolute Gasteiger partial charge is 0.392 e. The highest BCUT2D eigenvalue weighted by molar-refractivity contribution is 7.89. The van der Waals surface area contributed by atoms with Crippen molar-refractivity contribution in [2.24, 2.45) is 0 Å². The van der Waals surface area contributed by atoms with Gasteiger partial charge in [-0.3, -0.25) is 4.90 Å². The molecule has 0 aromatic heterocycles. The molecule has 7 nitrogen and oxygen atoms in total. The van der Waals surface area contributed by atoms with Crippen LogP contribution in [0.25, 0.3) is 11.1 Å². The van der Waals surface area contributed by atoms with Crippen LogP contribution in [-0.4, -0.2) is 33.1 Å². The van der Waals surface area contributed by atoms with E-state index in [0.717, 1.165) is 59.2 Å². The van der Waals surface area contributed by atoms with Gasteiger partial charge in [0.15, 0.2) is 0 Å². The lowest BCUT2D eigenvalue weighted by Gasteiger charge is -2.25. The highest BCUT2D eigenvalue weighted by Crippen LogP contribution is 2.51. The predicted molar refractivity (Wildman–Crippen MR) is 145 cm³/mol. The average Bonchev–Trinajstić information content (AvgIpc) is 3.52. The fourth-order valence-corrected chi connectivity index (χ4v) is 6.55. The van der Waals surface area contributed by atoms with Crippen LogP contribution in [0.3, 0.4) is 0 Å². The number of hydrogen-bond donors (Lipinski definition) is 3. The molecule has 3 N–H and O–H groups in total. The van der Waals surface area contributed by atoms with E-state index in [0.29, 0.717) is 13.1 Å². The van der Waals surface area contributed by atoms with E-state index >= 15 is 0 Å². The molecule has 37 heavy (non-hydrogen) atoms. The summed E-state index contributed by atoms with van der Waals surface area (Å²) in [5, 5.41) is 12.5. The lowest BCUT2D eigenvalue weighted by molar-refractivity contribution is 0.245. The zero-order valence-corrected chi connectivity index (χ0v) is 22.1. The summed E-state index contributed by atoms with van der Waals surface area (Å²) in [5.41, 5.74) is 7.29. The Balaban J connectivity index is 1.38. The Labute approximate surface area is 218 Å². The first-order valence-corrected chi connectivity index (χ1v) is 14.2. The molecule has 194 valence electrons. The maximum atomic E-state index is 13.4. The van der Waals surface area contributed by atoms with Crippen molar-refractivity contribution in [2.75, 3.05) is 18.5 Å². The van der Waals surface area contributed by atoms with Crippen LogP contribution in [-0.2, 0) is 28.6 Å². The first-order valence-electron chi connectivity index (χ1n) is 12.7. The van der Waals surface area contributed by atoms with Crippen LogP contribution in [0.5, 0.6) is 0 Å². The predicted octanol–water partition coefficient (Wildman–Crippen LogP) is 4.60. The Morgan fingerprint density at radius 2 is 1.70 bits per heavy atom. The highest BCUT2D eigenvalue weighted by atomic mass is 32.2. The molecule has 0 saturated heterocycles. The molecule has 1 aliphatic carbocycles. The first-order chi connectivity index (χ1) is 17.8. The van der Waals surface area contributed by atoms with Crippen molar-refractivity contribution in [1.82, 2.24) is 10.0 Å². The molecule has 1 heterocycles. The molecule has 0 radical (unpaired) electrons. The Kier molecular flexibility index (Phi) is 6.83. The topological polar surface area (TPSA) is 98.7 Å². The standard InChI is InChI=1S/C29H33N3O4S/c1-20-15-22(18-33)7-11-25(20)23-8-12-27-26(16-23)29(13-3-4-14-29)19-32(27)28(34)31-17-21-5-9-24(10-6-21)37(35,36)30-2/h5-12,15-16,30,33H,3-4,13-14,17-19H2,1-2H3,(H,31,34). The summed E-state index contributed by atoms with van der Waals surface area (Å²) in [6.07, 6.45) is 4.45. The number of anilines is 1. The van der Waals surface area contributed by atoms with Crippen molar-refractivity contribution < 1.29 is 18.3 Å². The quantitative estimate of drug-likeness (QED) is 0.443. The summed E-state index contributed by atoms with van der Waals surface area (Å²) in [6.45, 7) is 3.07. The van der Waals surface area contributed by atoms with Crippen LogP contribution in [0.15, 0.2) is 65.6 Å². The average molecular weight is 520 g/mol. The fraction of sp³-hybridized carbons (Fsp3) is 0.345. The molecule has 1 fully saturated rings. The number of nitrogens with zero attached hydrogens (tertiary/aromatic N) is 1. The minimum absolute atomic E-state index is 0.0230. The number of aliphatic hydroxyl groups excluding tert-OH is 1. The summed E-state index contributed by atoms with van der Waals surface area (Å²) in [5.74, 6) is 0. The third-order valence-electron chi connectivity index (χ3n) is 7.86. The van der Waals surface area contributed by atoms with E-state index in [1.54, 1.807) is 24.3 Å². The number of aryl methyl sites for hydroxylation is 1. The Bertz CT molecular complexity index is 1430. The van der Waals surface area contributed by atoms with E-state index in [9.17, 15) is 18.3 Å². The molecule has 0 unspecified atom stereocenters. The van der Waals surface area contributed by atoms with E-state index in [1.807, 2.05) is 17.0 Å². The van der Waals surface area contributed by atoms with E-state index in [-0.39, 0.29) is 22.9 Å². The van der Waals surface area contributed by atoms with Gasteiger partial charge in [0.25, 0.3) is 0 Å². The molecule has 3 aromatic carbocycles. The van der Waals surface area contributed by atoms with Gasteiger partial charge in [0, 0.05) is 24.2 Å². The maximum Gasteiger partial charge on any atom is 0.322 e. The fourth-order valence-electron chi connectivity index (χ4n) is 5.82. The maximum absolute atomic E-state index is 13.4. The number of urea groups is 1. The number of nitrogens with one attached hydrogen (secondary N) is 2. The molecule has 1 saturated carbocycles. The van der Waals surface area contributed by atoms with Gasteiger partial charge >= 0.3 is 6.03 Å². The number of carbonyl (C=O) groups is 1. The molecule has 2 aliphatic rings. The lowest BCUT2D eigenvalue weighted by Crippen LogP contribution is -2.41. The van der Waals surface area contributed by atoms with Crippen LogP contribution in [0.4, 0.5) is 10.5 Å². The number of hydrogen-bond acceptors (Lipinski definition) is 4. The van der Waals surface area contributed by atoms with Crippen molar-refractivity contribution in [3.05, 3.63) is 82.9 Å². The van der Waals surface area contributed by atoms with Gasteiger partial charge in [-0.2, -0.15) is 0 Å². The van der Waals surface area contributed by atoms with E-state index in [2.05, 4.69) is 41.2 Å². The number of aliphatic hydroxyl groups is 1. The van der Waals surface area contributed by atoms with Crippen LogP contribution in [0, 0.1) is 6.92 Å². The SMILES string of the molecule is CNS(=O)(=O)c1ccc(CNC(=O)N2CC3(CCCC3)c3cc(-c4ccc(CO)cc4C)ccc32)cc1. The van der Waals surface area contributed by atoms with E-state index < -0.39 is 10.0 Å². The second-order valence-corrected chi connectivity index (χ2v) is 12.0. The lowest BCUT2D eigenvalue weighted by atomic mass is 9.79. The molecular formula is C29H33N3O4S. The van der Waals surface area contributed by atoms with Gasteiger partial charge in [0.2, 0.25) is 10.0 Å².